The Balaban J connectivity index is 2.41. The molecule has 0 saturated carbocycles. The smallest absolute Gasteiger partial charge is 0.0449 e. The molecule has 0 N–H and O–H groups in total. The Bertz CT molecular complexity index is 254. The van der Waals surface area contributed by atoms with E-state index in [-0.39, 0.29) is 0 Å². The molecule has 0 bridgehead atoms. The molecule has 0 saturated heterocycles. The van der Waals surface area contributed by atoms with Crippen LogP contribution in [0.25, 0.3) is 0 Å². The van der Waals surface area contributed by atoms with E-state index in [1.54, 1.807) is 0 Å². The van der Waals surface area contributed by atoms with Gasteiger partial charge in [-0.1, -0.05) is 28.7 Å². The number of aromatic nitrogens is 1. The minimum Gasteiger partial charge on any atom is -0.261 e. The van der Waals surface area contributed by atoms with Crippen molar-refractivity contribution in [3.8, 4) is 0 Å². The number of nitrogens with zero attached hydrogens (tertiary/aromatic N) is 1. The van der Waals surface area contributed by atoms with Crippen molar-refractivity contribution in [1.29, 1.82) is 0 Å². The molecule has 58 valence electrons. The second kappa shape index (κ2) is 2.44. The average Bonchev–Trinajstić information content (AvgIpc) is 2.21. The molecule has 1 aliphatic carbocycles. The van der Waals surface area contributed by atoms with E-state index in [1.807, 2.05) is 12.3 Å². The van der Waals surface area contributed by atoms with Crippen molar-refractivity contribution in [3.63, 3.8) is 0 Å². The highest BCUT2D eigenvalue weighted by molar-refractivity contribution is 14.1. The Morgan fingerprint density at radius 1 is 1.55 bits per heavy atom. The van der Waals surface area contributed by atoms with Gasteiger partial charge in [-0.15, -0.1) is 0 Å². The van der Waals surface area contributed by atoms with Crippen molar-refractivity contribution in [2.24, 2.45) is 0 Å². The molecular formula is C9H10IN. The predicted octanol–water partition coefficient (Wildman–Crippen LogP) is 2.37. The van der Waals surface area contributed by atoms with Gasteiger partial charge in [0.15, 0.2) is 0 Å². The Hall–Kier alpha value is -0.120. The van der Waals surface area contributed by atoms with Crippen LogP contribution in [0.4, 0.5) is 0 Å². The molecule has 1 aromatic heterocycles. The first kappa shape index (κ1) is 7.53. The highest BCUT2D eigenvalue weighted by atomic mass is 127. The summed E-state index contributed by atoms with van der Waals surface area (Å²) in [4.78, 5) is 4.35. The Labute approximate surface area is 80.4 Å². The van der Waals surface area contributed by atoms with Gasteiger partial charge in [0.25, 0.3) is 0 Å². The molecule has 11 heavy (non-hydrogen) atoms. The summed E-state index contributed by atoms with van der Waals surface area (Å²) in [5.41, 5.74) is 2.73. The molecule has 2 heteroatoms. The lowest BCUT2D eigenvalue weighted by molar-refractivity contribution is 0.721. The SMILES string of the molecule is CC1(I)Cc2cccnc2C1. The quantitative estimate of drug-likeness (QED) is 0.515. The molecule has 1 aromatic rings. The summed E-state index contributed by atoms with van der Waals surface area (Å²) >= 11 is 2.52. The second-order valence-corrected chi connectivity index (χ2v) is 5.98. The number of alkyl halides is 1. The molecule has 0 aromatic carbocycles. The van der Waals surface area contributed by atoms with E-state index in [1.165, 1.54) is 17.7 Å². The highest BCUT2D eigenvalue weighted by Gasteiger charge is 2.30. The minimum absolute atomic E-state index is 0.411. The topological polar surface area (TPSA) is 12.9 Å². The zero-order chi connectivity index (χ0) is 7.90. The number of fused-ring (bicyclic) bond motifs is 1. The molecule has 1 nitrogen and oxygen atoms in total. The monoisotopic (exact) mass is 259 g/mol. The van der Waals surface area contributed by atoms with E-state index in [0.29, 0.717) is 3.42 Å². The lowest BCUT2D eigenvalue weighted by Gasteiger charge is -2.11. The van der Waals surface area contributed by atoms with E-state index < -0.39 is 0 Å². The first-order valence-electron chi connectivity index (χ1n) is 3.79. The van der Waals surface area contributed by atoms with Gasteiger partial charge < -0.3 is 0 Å². The molecule has 2 rings (SSSR count). The van der Waals surface area contributed by atoms with Gasteiger partial charge in [0.2, 0.25) is 0 Å². The van der Waals surface area contributed by atoms with Crippen molar-refractivity contribution in [3.05, 3.63) is 29.6 Å². The standard InChI is InChI=1S/C9H10IN/c1-9(10)5-7-3-2-4-11-8(7)6-9/h2-4H,5-6H2,1H3. The molecule has 0 fully saturated rings. The molecule has 1 unspecified atom stereocenters. The maximum Gasteiger partial charge on any atom is 0.0449 e. The van der Waals surface area contributed by atoms with Crippen LogP contribution in [0.2, 0.25) is 0 Å². The maximum atomic E-state index is 4.35. The first-order valence-corrected chi connectivity index (χ1v) is 4.87. The molecule has 0 amide bonds. The van der Waals surface area contributed by atoms with Gasteiger partial charge >= 0.3 is 0 Å². The lowest BCUT2D eigenvalue weighted by Crippen LogP contribution is -2.14. The van der Waals surface area contributed by atoms with Crippen LogP contribution in [0.3, 0.4) is 0 Å². The second-order valence-electron chi connectivity index (χ2n) is 3.38. The molecule has 1 aliphatic rings. The van der Waals surface area contributed by atoms with Gasteiger partial charge in [-0.25, -0.2) is 0 Å². The van der Waals surface area contributed by atoms with Gasteiger partial charge in [-0.3, -0.25) is 4.98 Å². The molecule has 0 aliphatic heterocycles. The number of pyridine rings is 1. The molecular weight excluding hydrogens is 249 g/mol. The van der Waals surface area contributed by atoms with Crippen molar-refractivity contribution in [2.75, 3.05) is 0 Å². The summed E-state index contributed by atoms with van der Waals surface area (Å²) in [6.45, 7) is 2.29. The van der Waals surface area contributed by atoms with Crippen molar-refractivity contribution < 1.29 is 0 Å². The largest absolute Gasteiger partial charge is 0.261 e. The van der Waals surface area contributed by atoms with Crippen LogP contribution in [0.1, 0.15) is 18.2 Å². The molecule has 1 heterocycles. The predicted molar refractivity (Wildman–Crippen MR) is 54.1 cm³/mol. The van der Waals surface area contributed by atoms with Gasteiger partial charge in [-0.05, 0) is 25.0 Å². The van der Waals surface area contributed by atoms with Crippen molar-refractivity contribution in [2.45, 2.75) is 23.2 Å². The fourth-order valence-corrected chi connectivity index (χ4v) is 2.37. The van der Waals surface area contributed by atoms with Crippen LogP contribution < -0.4 is 0 Å². The zero-order valence-electron chi connectivity index (χ0n) is 6.47. The van der Waals surface area contributed by atoms with Crippen LogP contribution in [0.15, 0.2) is 18.3 Å². The minimum atomic E-state index is 0.411. The van der Waals surface area contributed by atoms with Crippen molar-refractivity contribution in [1.82, 2.24) is 4.98 Å². The van der Waals surface area contributed by atoms with Gasteiger partial charge in [0, 0.05) is 21.7 Å². The molecule has 1 atom stereocenters. The zero-order valence-corrected chi connectivity index (χ0v) is 8.63. The lowest BCUT2D eigenvalue weighted by atomic mass is 10.1. The summed E-state index contributed by atoms with van der Waals surface area (Å²) in [7, 11) is 0. The van der Waals surface area contributed by atoms with Crippen molar-refractivity contribution >= 4 is 22.6 Å². The normalized spacial score (nSPS) is 28.5. The molecule has 0 spiro atoms. The van der Waals surface area contributed by atoms with E-state index in [2.05, 4.69) is 40.6 Å². The van der Waals surface area contributed by atoms with Gasteiger partial charge in [0.05, 0.1) is 0 Å². The Morgan fingerprint density at radius 2 is 2.36 bits per heavy atom. The van der Waals surface area contributed by atoms with Crippen LogP contribution >= 0.6 is 22.6 Å². The summed E-state index contributed by atoms with van der Waals surface area (Å²) in [5.74, 6) is 0. The average molecular weight is 259 g/mol. The van der Waals surface area contributed by atoms with Crippen LogP contribution in [-0.4, -0.2) is 8.41 Å². The summed E-state index contributed by atoms with van der Waals surface area (Å²) < 4.78 is 0.411. The third-order valence-corrected chi connectivity index (χ3v) is 2.84. The summed E-state index contributed by atoms with van der Waals surface area (Å²) in [6.07, 6.45) is 4.19. The van der Waals surface area contributed by atoms with E-state index >= 15 is 0 Å². The maximum absolute atomic E-state index is 4.35. The third-order valence-electron chi connectivity index (χ3n) is 2.08. The number of halogens is 1. The van der Waals surface area contributed by atoms with Crippen LogP contribution in [0, 0.1) is 0 Å². The Kier molecular flexibility index (Phi) is 1.67. The number of hydrogen-bond acceptors (Lipinski definition) is 1. The first-order chi connectivity index (χ1) is 5.17. The third kappa shape index (κ3) is 1.41. The fraction of sp³-hybridized carbons (Fsp3) is 0.444. The summed E-state index contributed by atoms with van der Waals surface area (Å²) in [6, 6.07) is 4.21. The van der Waals surface area contributed by atoms with E-state index in [4.69, 9.17) is 0 Å². The number of hydrogen-bond donors (Lipinski definition) is 0. The van der Waals surface area contributed by atoms with Crippen LogP contribution in [-0.2, 0) is 12.8 Å². The van der Waals surface area contributed by atoms with E-state index in [0.717, 1.165) is 6.42 Å². The highest BCUT2D eigenvalue weighted by Crippen LogP contribution is 2.35. The molecule has 0 radical (unpaired) electrons. The van der Waals surface area contributed by atoms with E-state index in [9.17, 15) is 0 Å². The van der Waals surface area contributed by atoms with Crippen LogP contribution in [0.5, 0.6) is 0 Å². The fourth-order valence-electron chi connectivity index (χ4n) is 1.60. The Morgan fingerprint density at radius 3 is 3.09 bits per heavy atom. The number of rotatable bonds is 0. The van der Waals surface area contributed by atoms with Gasteiger partial charge in [-0.2, -0.15) is 0 Å². The van der Waals surface area contributed by atoms with Gasteiger partial charge in [0.1, 0.15) is 0 Å². The summed E-state index contributed by atoms with van der Waals surface area (Å²) in [5, 5.41) is 0.